The maximum Gasteiger partial charge on any atom is 0.257 e. The lowest BCUT2D eigenvalue weighted by Gasteiger charge is -2.18. The molecule has 1 N–H and O–H groups in total. The molecule has 0 bridgehead atoms. The number of hydrogen-bond acceptors (Lipinski definition) is 2. The number of carbonyl (C=O) groups is 2. The van der Waals surface area contributed by atoms with Crippen LogP contribution in [0.1, 0.15) is 46.0 Å². The monoisotopic (exact) mass is 407 g/mol. The van der Waals surface area contributed by atoms with E-state index in [0.717, 1.165) is 17.1 Å². The molecule has 0 saturated heterocycles. The third-order valence-corrected chi connectivity index (χ3v) is 5.20. The minimum Gasteiger partial charge on any atom is -0.339 e. The van der Waals surface area contributed by atoms with Crippen LogP contribution in [0.5, 0.6) is 0 Å². The minimum absolute atomic E-state index is 0.0271. The molecule has 2 amide bonds. The highest BCUT2D eigenvalue weighted by atomic mass is 19.1. The van der Waals surface area contributed by atoms with Crippen molar-refractivity contribution >= 4 is 17.5 Å². The summed E-state index contributed by atoms with van der Waals surface area (Å²) >= 11 is 0. The number of carbonyl (C=O) groups excluding carboxylic acids is 2. The second-order valence-corrected chi connectivity index (χ2v) is 7.11. The summed E-state index contributed by atoms with van der Waals surface area (Å²) in [4.78, 5) is 27.0. The summed E-state index contributed by atoms with van der Waals surface area (Å²) < 4.78 is 15.2. The highest BCUT2D eigenvalue weighted by molar-refractivity contribution is 6.05. The van der Waals surface area contributed by atoms with Gasteiger partial charge in [0.05, 0.1) is 5.56 Å². The number of amides is 2. The van der Waals surface area contributed by atoms with E-state index in [1.807, 2.05) is 38.3 Å². The maximum absolute atomic E-state index is 13.2. The molecule has 3 rings (SSSR count). The Labute approximate surface area is 176 Å². The lowest BCUT2D eigenvalue weighted by atomic mass is 10.1. The smallest absolute Gasteiger partial charge is 0.257 e. The summed E-state index contributed by atoms with van der Waals surface area (Å²) in [5, 5.41) is 2.89. The first-order chi connectivity index (χ1) is 14.3. The van der Waals surface area contributed by atoms with Gasteiger partial charge in [-0.3, -0.25) is 9.59 Å². The van der Waals surface area contributed by atoms with Crippen LogP contribution in [-0.4, -0.2) is 34.4 Å². The van der Waals surface area contributed by atoms with Crippen molar-refractivity contribution in [2.45, 2.75) is 27.7 Å². The van der Waals surface area contributed by atoms with Gasteiger partial charge in [0.2, 0.25) is 0 Å². The fraction of sp³-hybridized carbons (Fsp3) is 0.250. The fourth-order valence-electron chi connectivity index (χ4n) is 3.57. The zero-order chi connectivity index (χ0) is 21.8. The Bertz CT molecular complexity index is 1050. The van der Waals surface area contributed by atoms with Crippen molar-refractivity contribution < 1.29 is 14.0 Å². The quantitative estimate of drug-likeness (QED) is 0.627. The number of anilines is 1. The Morgan fingerprint density at radius 2 is 1.57 bits per heavy atom. The van der Waals surface area contributed by atoms with Gasteiger partial charge >= 0.3 is 0 Å². The molecule has 0 atom stereocenters. The first-order valence-corrected chi connectivity index (χ1v) is 10.0. The first-order valence-electron chi connectivity index (χ1n) is 10.0. The van der Waals surface area contributed by atoms with E-state index >= 15 is 0 Å². The molecule has 6 heteroatoms. The van der Waals surface area contributed by atoms with Crippen LogP contribution >= 0.6 is 0 Å². The number of nitrogens with one attached hydrogen (secondary N) is 1. The number of aromatic nitrogens is 1. The number of aryl methyl sites for hydroxylation is 1. The summed E-state index contributed by atoms with van der Waals surface area (Å²) in [5.41, 5.74) is 4.19. The van der Waals surface area contributed by atoms with Gasteiger partial charge in [-0.2, -0.15) is 0 Å². The summed E-state index contributed by atoms with van der Waals surface area (Å²) in [7, 11) is 0. The molecular weight excluding hydrogens is 381 g/mol. The van der Waals surface area contributed by atoms with E-state index in [0.29, 0.717) is 29.9 Å². The van der Waals surface area contributed by atoms with Gasteiger partial charge in [0.15, 0.2) is 0 Å². The average molecular weight is 407 g/mol. The Kier molecular flexibility index (Phi) is 6.35. The zero-order valence-corrected chi connectivity index (χ0v) is 17.7. The summed E-state index contributed by atoms with van der Waals surface area (Å²) in [6.07, 6.45) is 0. The molecule has 0 spiro atoms. The maximum atomic E-state index is 13.2. The van der Waals surface area contributed by atoms with Gasteiger partial charge in [0.25, 0.3) is 11.8 Å². The third kappa shape index (κ3) is 4.27. The summed E-state index contributed by atoms with van der Waals surface area (Å²) in [6.45, 7) is 8.95. The Morgan fingerprint density at radius 1 is 0.967 bits per heavy atom. The predicted molar refractivity (Wildman–Crippen MR) is 117 cm³/mol. The van der Waals surface area contributed by atoms with Crippen LogP contribution in [0.4, 0.5) is 10.1 Å². The first kappa shape index (κ1) is 21.3. The molecule has 3 aromatic rings. The lowest BCUT2D eigenvalue weighted by molar-refractivity contribution is 0.0773. The van der Waals surface area contributed by atoms with Crippen molar-refractivity contribution in [3.63, 3.8) is 0 Å². The summed E-state index contributed by atoms with van der Waals surface area (Å²) in [5.74, 6) is -0.567. The highest BCUT2D eigenvalue weighted by Crippen LogP contribution is 2.22. The third-order valence-electron chi connectivity index (χ3n) is 5.20. The molecule has 0 saturated carbocycles. The van der Waals surface area contributed by atoms with E-state index in [9.17, 15) is 14.0 Å². The molecule has 2 aromatic carbocycles. The van der Waals surface area contributed by atoms with E-state index < -0.39 is 0 Å². The summed E-state index contributed by atoms with van der Waals surface area (Å²) in [6, 6.07) is 14.9. The molecular formula is C24H26FN3O2. The number of benzene rings is 2. The molecule has 1 heterocycles. The van der Waals surface area contributed by atoms with E-state index in [4.69, 9.17) is 0 Å². The van der Waals surface area contributed by atoms with Crippen LogP contribution in [0, 0.1) is 19.7 Å². The second kappa shape index (κ2) is 8.95. The molecule has 0 aliphatic carbocycles. The Hall–Kier alpha value is -3.41. The van der Waals surface area contributed by atoms with Gasteiger partial charge in [0, 0.05) is 41.4 Å². The molecule has 0 radical (unpaired) electrons. The van der Waals surface area contributed by atoms with Crippen LogP contribution in [-0.2, 0) is 0 Å². The molecule has 30 heavy (non-hydrogen) atoms. The molecule has 0 aliphatic heterocycles. The van der Waals surface area contributed by atoms with Gasteiger partial charge < -0.3 is 14.8 Å². The average Bonchev–Trinajstić information content (AvgIpc) is 3.04. The lowest BCUT2D eigenvalue weighted by Crippen LogP contribution is -2.30. The van der Waals surface area contributed by atoms with E-state index in [1.54, 1.807) is 41.3 Å². The second-order valence-electron chi connectivity index (χ2n) is 7.11. The van der Waals surface area contributed by atoms with Crippen LogP contribution in [0.2, 0.25) is 0 Å². The van der Waals surface area contributed by atoms with E-state index in [-0.39, 0.29) is 17.6 Å². The SMILES string of the molecule is CCN(CC)C(=O)c1ccc(NC(=O)c2cc(C)n(-c3ccc(F)cc3)c2C)cc1. The number of nitrogens with zero attached hydrogens (tertiary/aromatic N) is 2. The van der Waals surface area contributed by atoms with E-state index in [2.05, 4.69) is 5.32 Å². The number of hydrogen-bond donors (Lipinski definition) is 1. The van der Waals surface area contributed by atoms with Crippen molar-refractivity contribution in [3.8, 4) is 5.69 Å². The van der Waals surface area contributed by atoms with Crippen LogP contribution in [0.3, 0.4) is 0 Å². The fourth-order valence-corrected chi connectivity index (χ4v) is 3.57. The van der Waals surface area contributed by atoms with Crippen LogP contribution in [0.15, 0.2) is 54.6 Å². The Balaban J connectivity index is 1.79. The van der Waals surface area contributed by atoms with E-state index in [1.165, 1.54) is 12.1 Å². The molecule has 5 nitrogen and oxygen atoms in total. The molecule has 1 aromatic heterocycles. The van der Waals surface area contributed by atoms with Crippen molar-refractivity contribution in [2.24, 2.45) is 0 Å². The minimum atomic E-state index is -0.304. The highest BCUT2D eigenvalue weighted by Gasteiger charge is 2.17. The molecule has 156 valence electrons. The molecule has 0 aliphatic rings. The van der Waals surface area contributed by atoms with Gasteiger partial charge in [-0.25, -0.2) is 4.39 Å². The van der Waals surface area contributed by atoms with Gasteiger partial charge in [-0.05, 0) is 82.3 Å². The Morgan fingerprint density at radius 3 is 2.13 bits per heavy atom. The standard InChI is InChI=1S/C24H26FN3O2/c1-5-27(6-2)24(30)18-7-11-20(12-8-18)26-23(29)22-15-16(3)28(17(22)4)21-13-9-19(25)10-14-21/h7-15H,5-6H2,1-4H3,(H,26,29). The van der Waals surface area contributed by atoms with Crippen molar-refractivity contribution in [2.75, 3.05) is 18.4 Å². The van der Waals surface area contributed by atoms with Crippen LogP contribution < -0.4 is 5.32 Å². The largest absolute Gasteiger partial charge is 0.339 e. The normalized spacial score (nSPS) is 10.7. The van der Waals surface area contributed by atoms with Crippen molar-refractivity contribution in [1.82, 2.24) is 9.47 Å². The predicted octanol–water partition coefficient (Wildman–Crippen LogP) is 4.97. The number of halogens is 1. The van der Waals surface area contributed by atoms with Gasteiger partial charge in [-0.1, -0.05) is 0 Å². The molecule has 0 unspecified atom stereocenters. The van der Waals surface area contributed by atoms with Gasteiger partial charge in [-0.15, -0.1) is 0 Å². The molecule has 0 fully saturated rings. The van der Waals surface area contributed by atoms with Gasteiger partial charge in [0.1, 0.15) is 5.82 Å². The van der Waals surface area contributed by atoms with Crippen LogP contribution in [0.25, 0.3) is 5.69 Å². The topological polar surface area (TPSA) is 54.3 Å². The number of rotatable bonds is 6. The zero-order valence-electron chi connectivity index (χ0n) is 17.7. The van der Waals surface area contributed by atoms with Crippen molar-refractivity contribution in [3.05, 3.63) is 82.9 Å². The van der Waals surface area contributed by atoms with Crippen molar-refractivity contribution in [1.29, 1.82) is 0 Å².